The predicted molar refractivity (Wildman–Crippen MR) is 75.8 cm³/mol. The van der Waals surface area contributed by atoms with Gasteiger partial charge in [0.1, 0.15) is 0 Å². The Labute approximate surface area is 113 Å². The highest BCUT2D eigenvalue weighted by molar-refractivity contribution is 9.06. The van der Waals surface area contributed by atoms with Gasteiger partial charge in [0, 0.05) is 0 Å². The van der Waals surface area contributed by atoms with Crippen molar-refractivity contribution in [2.24, 2.45) is 0 Å². The molecule has 0 atom stereocenters. The lowest BCUT2D eigenvalue weighted by Crippen LogP contribution is -1.96. The molecule has 88 valence electrons. The van der Waals surface area contributed by atoms with E-state index in [0.29, 0.717) is 5.56 Å². The number of hydrogen-bond donors (Lipinski definition) is 0. The molecule has 0 aliphatic rings. The van der Waals surface area contributed by atoms with Gasteiger partial charge in [-0.25, -0.2) is 4.79 Å². The minimum Gasteiger partial charge on any atom is -0.380 e. The molecule has 2 nitrogen and oxygen atoms in total. The van der Waals surface area contributed by atoms with Crippen molar-refractivity contribution < 1.29 is 8.62 Å². The summed E-state index contributed by atoms with van der Waals surface area (Å²) in [7, 11) is 0. The molecule has 0 fully saturated rings. The second kappa shape index (κ2) is 4.42. The predicted octanol–water partition coefficient (Wildman–Crippen LogP) is 4.46. The first-order valence-corrected chi connectivity index (χ1v) is 6.19. The Morgan fingerprint density at radius 3 is 2.44 bits per heavy atom. The third kappa shape index (κ3) is 1.77. The molecule has 3 heteroatoms. The van der Waals surface area contributed by atoms with E-state index in [1.165, 1.54) is 10.8 Å². The van der Waals surface area contributed by atoms with Crippen LogP contribution in [0.1, 0.15) is 10.4 Å². The third-order valence-electron chi connectivity index (χ3n) is 3.05. The van der Waals surface area contributed by atoms with Gasteiger partial charge in [-0.05, 0) is 33.7 Å². The average Bonchev–Trinajstić information content (AvgIpc) is 2.45. The molecule has 0 radical (unpaired) electrons. The molecule has 0 aliphatic heterocycles. The van der Waals surface area contributed by atoms with Crippen LogP contribution in [0.3, 0.4) is 0 Å². The van der Waals surface area contributed by atoms with Gasteiger partial charge in [-0.3, -0.25) is 0 Å². The van der Waals surface area contributed by atoms with E-state index in [1.807, 2.05) is 30.3 Å². The van der Waals surface area contributed by atoms with Crippen LogP contribution in [0.5, 0.6) is 0 Å². The van der Waals surface area contributed by atoms with Gasteiger partial charge in [-0.2, -0.15) is 0 Å². The van der Waals surface area contributed by atoms with Crippen LogP contribution in [0.15, 0.2) is 54.6 Å². The molecule has 0 bridgehead atoms. The normalized spacial score (nSPS) is 10.7. The molecular weight excluding hydrogens is 292 g/mol. The monoisotopic (exact) mass is 300 g/mol. The molecule has 0 saturated carbocycles. The quantitative estimate of drug-likeness (QED) is 0.620. The smallest absolute Gasteiger partial charge is 0.349 e. The van der Waals surface area contributed by atoms with E-state index >= 15 is 0 Å². The molecule has 0 aliphatic carbocycles. The highest BCUT2D eigenvalue weighted by Gasteiger charge is 2.07. The molecule has 3 aromatic carbocycles. The van der Waals surface area contributed by atoms with Crippen LogP contribution in [0.2, 0.25) is 0 Å². The summed E-state index contributed by atoms with van der Waals surface area (Å²) in [5, 5.41) is 4.55. The van der Waals surface area contributed by atoms with Crippen molar-refractivity contribution in [3.05, 3.63) is 60.2 Å². The molecule has 3 aromatic rings. The fourth-order valence-electron chi connectivity index (χ4n) is 2.18. The number of rotatable bonds is 1. The summed E-state index contributed by atoms with van der Waals surface area (Å²) in [6.07, 6.45) is 0. The summed E-state index contributed by atoms with van der Waals surface area (Å²) in [5.74, 6) is -0.384. The highest BCUT2D eigenvalue weighted by Crippen LogP contribution is 2.26. The maximum absolute atomic E-state index is 11.5. The van der Waals surface area contributed by atoms with Gasteiger partial charge in [0.15, 0.2) is 16.3 Å². The summed E-state index contributed by atoms with van der Waals surface area (Å²) in [4.78, 5) is 11.5. The van der Waals surface area contributed by atoms with Crippen LogP contribution < -0.4 is 0 Å². The fourth-order valence-corrected chi connectivity index (χ4v) is 2.37. The Hall–Kier alpha value is -1.87. The van der Waals surface area contributed by atoms with Crippen LogP contribution >= 0.6 is 16.3 Å². The number of carbonyl (C=O) groups is 1. The fraction of sp³-hybridized carbons (Fsp3) is 0. The molecule has 0 N–H and O–H groups in total. The lowest BCUT2D eigenvalue weighted by atomic mass is 10.0. The maximum atomic E-state index is 11.5. The van der Waals surface area contributed by atoms with Gasteiger partial charge >= 0.3 is 5.97 Å². The van der Waals surface area contributed by atoms with Gasteiger partial charge in [0.2, 0.25) is 0 Å². The number of halogens is 1. The number of hydrogen-bond acceptors (Lipinski definition) is 2. The van der Waals surface area contributed by atoms with Crippen LogP contribution in [0, 0.1) is 0 Å². The third-order valence-corrected chi connectivity index (χ3v) is 3.34. The molecule has 0 aromatic heterocycles. The first kappa shape index (κ1) is 11.2. The Bertz CT molecular complexity index is 750. The van der Waals surface area contributed by atoms with Crippen molar-refractivity contribution >= 4 is 43.8 Å². The van der Waals surface area contributed by atoms with Gasteiger partial charge in [0.05, 0.1) is 5.56 Å². The summed E-state index contributed by atoms with van der Waals surface area (Å²) >= 11 is 2.71. The Kier molecular flexibility index (Phi) is 2.76. The maximum Gasteiger partial charge on any atom is 0.349 e. The van der Waals surface area contributed by atoms with Crippen LogP contribution in [0.4, 0.5) is 0 Å². The zero-order chi connectivity index (χ0) is 12.5. The Balaban J connectivity index is 2.31. The van der Waals surface area contributed by atoms with Crippen molar-refractivity contribution in [2.45, 2.75) is 0 Å². The van der Waals surface area contributed by atoms with Crippen molar-refractivity contribution in [3.63, 3.8) is 0 Å². The SMILES string of the molecule is O=C(OBr)c1ccc2c(ccc3ccccc32)c1. The van der Waals surface area contributed by atoms with E-state index in [4.69, 9.17) is 0 Å². The second-order valence-electron chi connectivity index (χ2n) is 4.09. The van der Waals surface area contributed by atoms with Crippen molar-refractivity contribution in [3.8, 4) is 0 Å². The molecule has 0 spiro atoms. The molecular formula is C15H9BrO2. The Morgan fingerprint density at radius 1 is 0.889 bits per heavy atom. The standard InChI is InChI=1S/C15H9BrO2/c16-18-15(17)12-7-8-14-11(9-12)6-5-10-3-1-2-4-13(10)14/h1-9H. The van der Waals surface area contributed by atoms with E-state index < -0.39 is 0 Å². The van der Waals surface area contributed by atoms with Crippen molar-refractivity contribution in [1.29, 1.82) is 0 Å². The topological polar surface area (TPSA) is 26.3 Å². The summed E-state index contributed by atoms with van der Waals surface area (Å²) in [6.45, 7) is 0. The van der Waals surface area contributed by atoms with Crippen molar-refractivity contribution in [1.82, 2.24) is 0 Å². The number of fused-ring (bicyclic) bond motifs is 3. The van der Waals surface area contributed by atoms with E-state index in [9.17, 15) is 4.79 Å². The lowest BCUT2D eigenvalue weighted by molar-refractivity contribution is 0.0782. The molecule has 18 heavy (non-hydrogen) atoms. The van der Waals surface area contributed by atoms with Gasteiger partial charge in [-0.15, -0.1) is 0 Å². The minimum atomic E-state index is -0.384. The largest absolute Gasteiger partial charge is 0.380 e. The second-order valence-corrected chi connectivity index (χ2v) is 4.41. The van der Waals surface area contributed by atoms with Crippen molar-refractivity contribution in [2.75, 3.05) is 0 Å². The number of carbonyl (C=O) groups excluding carboxylic acids is 1. The molecule has 0 saturated heterocycles. The first-order valence-electron chi connectivity index (χ1n) is 5.54. The molecule has 3 rings (SSSR count). The highest BCUT2D eigenvalue weighted by atomic mass is 79.9. The lowest BCUT2D eigenvalue weighted by Gasteiger charge is -2.05. The molecule has 0 amide bonds. The summed E-state index contributed by atoms with van der Waals surface area (Å²) < 4.78 is 4.55. The van der Waals surface area contributed by atoms with Crippen LogP contribution in [0.25, 0.3) is 21.5 Å². The summed E-state index contributed by atoms with van der Waals surface area (Å²) in [6, 6.07) is 17.8. The van der Waals surface area contributed by atoms with E-state index in [2.05, 4.69) is 38.3 Å². The van der Waals surface area contributed by atoms with Gasteiger partial charge in [0.25, 0.3) is 0 Å². The average molecular weight is 301 g/mol. The van der Waals surface area contributed by atoms with E-state index in [1.54, 1.807) is 6.07 Å². The van der Waals surface area contributed by atoms with Gasteiger partial charge in [-0.1, -0.05) is 42.5 Å². The van der Waals surface area contributed by atoms with E-state index in [0.717, 1.165) is 10.8 Å². The van der Waals surface area contributed by atoms with Crippen LogP contribution in [-0.2, 0) is 3.83 Å². The zero-order valence-corrected chi connectivity index (χ0v) is 11.0. The van der Waals surface area contributed by atoms with Crippen LogP contribution in [-0.4, -0.2) is 5.97 Å². The van der Waals surface area contributed by atoms with E-state index in [-0.39, 0.29) is 5.97 Å². The minimum absolute atomic E-state index is 0.384. The summed E-state index contributed by atoms with van der Waals surface area (Å²) in [5.41, 5.74) is 0.537. The van der Waals surface area contributed by atoms with Gasteiger partial charge < -0.3 is 3.83 Å². The number of benzene rings is 3. The zero-order valence-electron chi connectivity index (χ0n) is 9.39. The molecule has 0 heterocycles. The first-order chi connectivity index (χ1) is 8.79. The Morgan fingerprint density at radius 2 is 1.61 bits per heavy atom. The molecule has 0 unspecified atom stereocenters.